The molecule has 2 aromatic rings. The van der Waals surface area contributed by atoms with E-state index in [1.807, 2.05) is 0 Å². The lowest BCUT2D eigenvalue weighted by atomic mass is 9.97. The van der Waals surface area contributed by atoms with E-state index in [1.165, 1.54) is 30.3 Å². The number of alkyl halides is 2. The molecule has 0 saturated carbocycles. The van der Waals surface area contributed by atoms with Gasteiger partial charge in [0.1, 0.15) is 17.7 Å². The molecule has 2 nitrogen and oxygen atoms in total. The van der Waals surface area contributed by atoms with Crippen molar-refractivity contribution in [3.05, 3.63) is 64.5 Å². The lowest BCUT2D eigenvalue weighted by molar-refractivity contribution is -0.0512. The Bertz CT molecular complexity index is 618. The first-order chi connectivity index (χ1) is 9.90. The molecule has 0 radical (unpaired) electrons. The predicted octanol–water partition coefficient (Wildman–Crippen LogP) is 4.13. The summed E-state index contributed by atoms with van der Waals surface area (Å²) in [5.41, 5.74) is 1.41. The maximum atomic E-state index is 13.6. The van der Waals surface area contributed by atoms with E-state index in [0.717, 1.165) is 0 Å². The highest BCUT2D eigenvalue weighted by atomic mass is 19.3. The van der Waals surface area contributed by atoms with E-state index in [1.54, 1.807) is 19.9 Å². The first-order valence-corrected chi connectivity index (χ1v) is 6.38. The van der Waals surface area contributed by atoms with E-state index < -0.39 is 12.7 Å². The number of aryl methyl sites for hydroxylation is 2. The summed E-state index contributed by atoms with van der Waals surface area (Å²) >= 11 is 0. The smallest absolute Gasteiger partial charge is 0.387 e. The van der Waals surface area contributed by atoms with Crippen molar-refractivity contribution in [2.45, 2.75) is 26.6 Å². The Hall–Kier alpha value is -2.01. The van der Waals surface area contributed by atoms with E-state index in [-0.39, 0.29) is 17.1 Å². The molecule has 0 aliphatic heterocycles. The number of hydrogen-bond acceptors (Lipinski definition) is 2. The third-order valence-electron chi connectivity index (χ3n) is 3.20. The summed E-state index contributed by atoms with van der Waals surface area (Å²) < 4.78 is 42.8. The number of aliphatic hydroxyl groups is 1. The molecular weight excluding hydrogens is 281 g/mol. The summed E-state index contributed by atoms with van der Waals surface area (Å²) in [7, 11) is 0. The van der Waals surface area contributed by atoms with Gasteiger partial charge in [0.25, 0.3) is 0 Å². The molecular formula is C16H15F3O2. The van der Waals surface area contributed by atoms with Crippen LogP contribution in [0, 0.1) is 19.7 Å². The Balaban J connectivity index is 2.43. The number of benzene rings is 2. The van der Waals surface area contributed by atoms with Crippen molar-refractivity contribution in [3.8, 4) is 5.75 Å². The highest BCUT2D eigenvalue weighted by Gasteiger charge is 2.19. The van der Waals surface area contributed by atoms with Gasteiger partial charge in [-0.1, -0.05) is 30.3 Å². The van der Waals surface area contributed by atoms with Crippen LogP contribution in [-0.4, -0.2) is 11.7 Å². The van der Waals surface area contributed by atoms with Gasteiger partial charge in [0, 0.05) is 5.56 Å². The van der Waals surface area contributed by atoms with Crippen molar-refractivity contribution < 1.29 is 23.0 Å². The van der Waals surface area contributed by atoms with Gasteiger partial charge < -0.3 is 9.84 Å². The van der Waals surface area contributed by atoms with Gasteiger partial charge in [-0.3, -0.25) is 0 Å². The van der Waals surface area contributed by atoms with Gasteiger partial charge in [0.2, 0.25) is 0 Å². The number of ether oxygens (including phenoxy) is 1. The van der Waals surface area contributed by atoms with Crippen LogP contribution in [0.2, 0.25) is 0 Å². The van der Waals surface area contributed by atoms with Crippen LogP contribution < -0.4 is 4.74 Å². The monoisotopic (exact) mass is 296 g/mol. The summed E-state index contributed by atoms with van der Waals surface area (Å²) in [4.78, 5) is 0. The molecule has 0 heterocycles. The lowest BCUT2D eigenvalue weighted by Crippen LogP contribution is -2.08. The second-order valence-corrected chi connectivity index (χ2v) is 4.79. The van der Waals surface area contributed by atoms with Gasteiger partial charge in [0.15, 0.2) is 0 Å². The molecule has 0 fully saturated rings. The molecule has 0 aliphatic carbocycles. The van der Waals surface area contributed by atoms with Crippen LogP contribution in [0.1, 0.15) is 28.4 Å². The van der Waals surface area contributed by atoms with Gasteiger partial charge in [-0.25, -0.2) is 4.39 Å². The number of para-hydroxylation sites is 1. The number of aliphatic hydroxyl groups excluding tert-OH is 1. The highest BCUT2D eigenvalue weighted by molar-refractivity contribution is 5.42. The topological polar surface area (TPSA) is 29.5 Å². The summed E-state index contributed by atoms with van der Waals surface area (Å²) in [6.07, 6.45) is -1.17. The molecule has 0 spiro atoms. The molecule has 0 amide bonds. The van der Waals surface area contributed by atoms with Crippen molar-refractivity contribution >= 4 is 0 Å². The van der Waals surface area contributed by atoms with Gasteiger partial charge in [-0.05, 0) is 36.6 Å². The standard InChI is InChI=1S/C16H15F3O2/c1-9-7-11(8-10(2)14(9)17)15(20)12-5-3-4-6-13(12)21-16(18)19/h3-8,15-16,20H,1-2H3. The van der Waals surface area contributed by atoms with Gasteiger partial charge in [-0.15, -0.1) is 0 Å². The summed E-state index contributed by atoms with van der Waals surface area (Å²) in [6.45, 7) is 0.190. The van der Waals surface area contributed by atoms with E-state index in [4.69, 9.17) is 0 Å². The maximum Gasteiger partial charge on any atom is 0.387 e. The third-order valence-corrected chi connectivity index (χ3v) is 3.20. The van der Waals surface area contributed by atoms with Crippen LogP contribution in [-0.2, 0) is 0 Å². The average Bonchev–Trinajstić information content (AvgIpc) is 2.43. The minimum atomic E-state index is -2.98. The van der Waals surface area contributed by atoms with Crippen molar-refractivity contribution in [2.24, 2.45) is 0 Å². The zero-order valence-corrected chi connectivity index (χ0v) is 11.6. The van der Waals surface area contributed by atoms with Crippen molar-refractivity contribution in [1.29, 1.82) is 0 Å². The Labute approximate surface area is 120 Å². The van der Waals surface area contributed by atoms with Crippen LogP contribution >= 0.6 is 0 Å². The molecule has 0 aliphatic rings. The Morgan fingerprint density at radius 2 is 1.62 bits per heavy atom. The second kappa shape index (κ2) is 6.18. The van der Waals surface area contributed by atoms with Crippen molar-refractivity contribution in [1.82, 2.24) is 0 Å². The average molecular weight is 296 g/mol. The first-order valence-electron chi connectivity index (χ1n) is 6.38. The van der Waals surface area contributed by atoms with E-state index in [2.05, 4.69) is 4.74 Å². The zero-order chi connectivity index (χ0) is 15.6. The SMILES string of the molecule is Cc1cc(C(O)c2ccccc2OC(F)F)cc(C)c1F. The molecule has 0 saturated heterocycles. The molecule has 1 unspecified atom stereocenters. The van der Waals surface area contributed by atoms with E-state index in [0.29, 0.717) is 16.7 Å². The fraction of sp³-hybridized carbons (Fsp3) is 0.250. The highest BCUT2D eigenvalue weighted by Crippen LogP contribution is 2.32. The molecule has 1 N–H and O–H groups in total. The van der Waals surface area contributed by atoms with Gasteiger partial charge >= 0.3 is 6.61 Å². The molecule has 0 bridgehead atoms. The second-order valence-electron chi connectivity index (χ2n) is 4.79. The van der Waals surface area contributed by atoms with Crippen LogP contribution in [0.15, 0.2) is 36.4 Å². The molecule has 2 aromatic carbocycles. The van der Waals surface area contributed by atoms with Crippen LogP contribution in [0.3, 0.4) is 0 Å². The molecule has 112 valence electrons. The number of hydrogen-bond donors (Lipinski definition) is 1. The van der Waals surface area contributed by atoms with Crippen molar-refractivity contribution in [3.63, 3.8) is 0 Å². The molecule has 1 atom stereocenters. The van der Waals surface area contributed by atoms with Gasteiger partial charge in [-0.2, -0.15) is 8.78 Å². The fourth-order valence-corrected chi connectivity index (χ4v) is 2.23. The Kier molecular flexibility index (Phi) is 4.53. The molecule has 21 heavy (non-hydrogen) atoms. The van der Waals surface area contributed by atoms with E-state index in [9.17, 15) is 18.3 Å². The zero-order valence-electron chi connectivity index (χ0n) is 11.6. The van der Waals surface area contributed by atoms with Crippen molar-refractivity contribution in [2.75, 3.05) is 0 Å². The molecule has 0 aromatic heterocycles. The fourth-order valence-electron chi connectivity index (χ4n) is 2.23. The summed E-state index contributed by atoms with van der Waals surface area (Å²) in [6, 6.07) is 8.98. The van der Waals surface area contributed by atoms with E-state index >= 15 is 0 Å². The summed E-state index contributed by atoms with van der Waals surface area (Å²) in [5.74, 6) is -0.442. The van der Waals surface area contributed by atoms with Gasteiger partial charge in [0.05, 0.1) is 0 Å². The predicted molar refractivity (Wildman–Crippen MR) is 73.0 cm³/mol. The minimum absolute atomic E-state index is 0.0976. The summed E-state index contributed by atoms with van der Waals surface area (Å²) in [5, 5.41) is 10.4. The normalized spacial score (nSPS) is 12.5. The Morgan fingerprint density at radius 3 is 2.19 bits per heavy atom. The lowest BCUT2D eigenvalue weighted by Gasteiger charge is -2.17. The minimum Gasteiger partial charge on any atom is -0.434 e. The first kappa shape index (κ1) is 15.4. The number of halogens is 3. The molecule has 2 rings (SSSR count). The van der Waals surface area contributed by atoms with Crippen LogP contribution in [0.25, 0.3) is 0 Å². The van der Waals surface area contributed by atoms with Crippen LogP contribution in [0.4, 0.5) is 13.2 Å². The Morgan fingerprint density at radius 1 is 1.05 bits per heavy atom. The third kappa shape index (κ3) is 3.36. The molecule has 5 heteroatoms. The number of rotatable bonds is 4. The maximum absolute atomic E-state index is 13.6. The van der Waals surface area contributed by atoms with Crippen LogP contribution in [0.5, 0.6) is 5.75 Å². The largest absolute Gasteiger partial charge is 0.434 e. The quantitative estimate of drug-likeness (QED) is 0.919.